The minimum absolute atomic E-state index is 0.141. The summed E-state index contributed by atoms with van der Waals surface area (Å²) in [6, 6.07) is 8.04. The highest BCUT2D eigenvalue weighted by Gasteiger charge is 2.35. The van der Waals surface area contributed by atoms with Gasteiger partial charge in [0, 0.05) is 24.7 Å². The van der Waals surface area contributed by atoms with Gasteiger partial charge < -0.3 is 15.4 Å². The zero-order valence-electron chi connectivity index (χ0n) is 11.2. The lowest BCUT2D eigenvalue weighted by atomic mass is 9.92. The van der Waals surface area contributed by atoms with Gasteiger partial charge in [0.2, 0.25) is 5.91 Å². The highest BCUT2D eigenvalue weighted by molar-refractivity contribution is 5.85. The molecule has 0 spiro atoms. The summed E-state index contributed by atoms with van der Waals surface area (Å²) in [6.45, 7) is 4.11. The Hall–Kier alpha value is -1.55. The molecule has 0 saturated carbocycles. The first kappa shape index (κ1) is 12.5. The van der Waals surface area contributed by atoms with E-state index >= 15 is 0 Å². The van der Waals surface area contributed by atoms with Crippen LogP contribution >= 0.6 is 0 Å². The molecule has 1 fully saturated rings. The minimum atomic E-state index is -0.141. The number of carbonyl (C=O) groups excluding carboxylic acids is 1. The number of ether oxygens (including phenoxy) is 1. The van der Waals surface area contributed by atoms with Gasteiger partial charge in [-0.2, -0.15) is 0 Å². The number of nitrogens with zero attached hydrogens (tertiary/aromatic N) is 1. The molecule has 3 rings (SSSR count). The summed E-state index contributed by atoms with van der Waals surface area (Å²) in [6.07, 6.45) is 0.891. The molecule has 0 bridgehead atoms. The Labute approximate surface area is 113 Å². The van der Waals surface area contributed by atoms with Crippen LogP contribution in [-0.4, -0.2) is 36.5 Å². The second kappa shape index (κ2) is 4.85. The second-order valence-electron chi connectivity index (χ2n) is 5.62. The Morgan fingerprint density at radius 3 is 3.00 bits per heavy atom. The van der Waals surface area contributed by atoms with Gasteiger partial charge in [0.15, 0.2) is 0 Å². The van der Waals surface area contributed by atoms with Crippen LogP contribution in [0.1, 0.15) is 24.8 Å². The maximum Gasteiger partial charge on any atom is 0.233 e. The SMILES string of the molecule is CC1CN(C(=O)C2COc3ccccc32)CCC1N. The lowest BCUT2D eigenvalue weighted by Crippen LogP contribution is -2.49. The van der Waals surface area contributed by atoms with Gasteiger partial charge >= 0.3 is 0 Å². The van der Waals surface area contributed by atoms with Crippen LogP contribution < -0.4 is 10.5 Å². The predicted octanol–water partition coefficient (Wildman–Crippen LogP) is 1.36. The van der Waals surface area contributed by atoms with E-state index in [1.165, 1.54) is 0 Å². The van der Waals surface area contributed by atoms with Gasteiger partial charge in [-0.3, -0.25) is 4.79 Å². The summed E-state index contributed by atoms with van der Waals surface area (Å²) < 4.78 is 5.60. The first-order valence-corrected chi connectivity index (χ1v) is 6.93. The summed E-state index contributed by atoms with van der Waals surface area (Å²) in [4.78, 5) is 14.6. The largest absolute Gasteiger partial charge is 0.492 e. The van der Waals surface area contributed by atoms with E-state index in [0.717, 1.165) is 30.8 Å². The average Bonchev–Trinajstić information content (AvgIpc) is 2.85. The van der Waals surface area contributed by atoms with Crippen molar-refractivity contribution in [2.45, 2.75) is 25.3 Å². The molecule has 102 valence electrons. The lowest BCUT2D eigenvalue weighted by Gasteiger charge is -2.36. The Kier molecular flexibility index (Phi) is 3.19. The van der Waals surface area contributed by atoms with Crippen LogP contribution in [-0.2, 0) is 4.79 Å². The fourth-order valence-corrected chi connectivity index (χ4v) is 2.95. The van der Waals surface area contributed by atoms with E-state index < -0.39 is 0 Å². The van der Waals surface area contributed by atoms with E-state index in [9.17, 15) is 4.79 Å². The Morgan fingerprint density at radius 1 is 1.42 bits per heavy atom. The van der Waals surface area contributed by atoms with Crippen LogP contribution in [0.5, 0.6) is 5.75 Å². The van der Waals surface area contributed by atoms with E-state index in [-0.39, 0.29) is 17.9 Å². The molecule has 2 aliphatic rings. The van der Waals surface area contributed by atoms with Crippen molar-refractivity contribution in [3.8, 4) is 5.75 Å². The van der Waals surface area contributed by atoms with E-state index in [0.29, 0.717) is 12.5 Å². The fourth-order valence-electron chi connectivity index (χ4n) is 2.95. The molecule has 4 nitrogen and oxygen atoms in total. The predicted molar refractivity (Wildman–Crippen MR) is 73.0 cm³/mol. The molecule has 3 atom stereocenters. The van der Waals surface area contributed by atoms with Crippen molar-refractivity contribution in [3.63, 3.8) is 0 Å². The van der Waals surface area contributed by atoms with Crippen molar-refractivity contribution in [1.29, 1.82) is 0 Å². The number of nitrogens with two attached hydrogens (primary N) is 1. The van der Waals surface area contributed by atoms with Gasteiger partial charge in [0.1, 0.15) is 18.3 Å². The molecule has 4 heteroatoms. The molecule has 2 aliphatic heterocycles. The minimum Gasteiger partial charge on any atom is -0.492 e. The maximum atomic E-state index is 12.6. The van der Waals surface area contributed by atoms with Crippen LogP contribution in [0.3, 0.4) is 0 Å². The van der Waals surface area contributed by atoms with Crippen molar-refractivity contribution in [2.75, 3.05) is 19.7 Å². The van der Waals surface area contributed by atoms with Gasteiger partial charge in [-0.15, -0.1) is 0 Å². The molecule has 2 N–H and O–H groups in total. The quantitative estimate of drug-likeness (QED) is 0.829. The molecule has 0 aliphatic carbocycles. The molecular formula is C15H20N2O2. The Morgan fingerprint density at radius 2 is 2.21 bits per heavy atom. The van der Waals surface area contributed by atoms with Gasteiger partial charge in [-0.25, -0.2) is 0 Å². The summed E-state index contributed by atoms with van der Waals surface area (Å²) in [5.74, 6) is 1.26. The molecule has 1 amide bonds. The van der Waals surface area contributed by atoms with E-state index in [2.05, 4.69) is 6.92 Å². The third-order valence-corrected chi connectivity index (χ3v) is 4.28. The summed E-state index contributed by atoms with van der Waals surface area (Å²) in [5.41, 5.74) is 7.03. The topological polar surface area (TPSA) is 55.6 Å². The number of benzene rings is 1. The summed E-state index contributed by atoms with van der Waals surface area (Å²) >= 11 is 0. The highest BCUT2D eigenvalue weighted by Crippen LogP contribution is 2.35. The van der Waals surface area contributed by atoms with Crippen molar-refractivity contribution < 1.29 is 9.53 Å². The van der Waals surface area contributed by atoms with Crippen LogP contribution in [0.15, 0.2) is 24.3 Å². The lowest BCUT2D eigenvalue weighted by molar-refractivity contribution is -0.134. The average molecular weight is 260 g/mol. The Balaban J connectivity index is 1.75. The zero-order valence-corrected chi connectivity index (χ0v) is 11.2. The molecule has 1 saturated heterocycles. The molecular weight excluding hydrogens is 240 g/mol. The standard InChI is InChI=1S/C15H20N2O2/c1-10-8-17(7-6-13(10)16)15(18)12-9-19-14-5-3-2-4-11(12)14/h2-5,10,12-13H,6-9,16H2,1H3. The highest BCUT2D eigenvalue weighted by atomic mass is 16.5. The molecule has 2 heterocycles. The number of fused-ring (bicyclic) bond motifs is 1. The molecule has 19 heavy (non-hydrogen) atoms. The smallest absolute Gasteiger partial charge is 0.233 e. The van der Waals surface area contributed by atoms with Gasteiger partial charge in [-0.1, -0.05) is 25.1 Å². The van der Waals surface area contributed by atoms with Gasteiger partial charge in [0.05, 0.1) is 0 Å². The second-order valence-corrected chi connectivity index (χ2v) is 5.62. The zero-order chi connectivity index (χ0) is 13.4. The fraction of sp³-hybridized carbons (Fsp3) is 0.533. The third kappa shape index (κ3) is 2.21. The van der Waals surface area contributed by atoms with E-state index in [4.69, 9.17) is 10.5 Å². The third-order valence-electron chi connectivity index (χ3n) is 4.28. The van der Waals surface area contributed by atoms with Crippen molar-refractivity contribution >= 4 is 5.91 Å². The van der Waals surface area contributed by atoms with E-state index in [1.807, 2.05) is 29.2 Å². The first-order chi connectivity index (χ1) is 9.16. The first-order valence-electron chi connectivity index (χ1n) is 6.93. The number of amides is 1. The number of carbonyl (C=O) groups is 1. The van der Waals surface area contributed by atoms with Crippen molar-refractivity contribution in [3.05, 3.63) is 29.8 Å². The normalized spacial score (nSPS) is 29.8. The van der Waals surface area contributed by atoms with Crippen LogP contribution in [0.2, 0.25) is 0 Å². The van der Waals surface area contributed by atoms with Gasteiger partial charge in [-0.05, 0) is 18.4 Å². The van der Waals surface area contributed by atoms with Crippen molar-refractivity contribution in [1.82, 2.24) is 4.90 Å². The number of hydrogen-bond acceptors (Lipinski definition) is 3. The molecule has 1 aromatic carbocycles. The summed E-state index contributed by atoms with van der Waals surface area (Å²) in [7, 11) is 0. The number of para-hydroxylation sites is 1. The van der Waals surface area contributed by atoms with Crippen LogP contribution in [0.25, 0.3) is 0 Å². The Bertz CT molecular complexity index is 489. The molecule has 3 unspecified atom stereocenters. The monoisotopic (exact) mass is 260 g/mol. The maximum absolute atomic E-state index is 12.6. The molecule has 0 aromatic heterocycles. The van der Waals surface area contributed by atoms with Gasteiger partial charge in [0.25, 0.3) is 0 Å². The number of likely N-dealkylation sites (tertiary alicyclic amines) is 1. The number of piperidine rings is 1. The number of rotatable bonds is 1. The molecule has 0 radical (unpaired) electrons. The molecule has 1 aromatic rings. The van der Waals surface area contributed by atoms with Crippen LogP contribution in [0, 0.1) is 5.92 Å². The van der Waals surface area contributed by atoms with Crippen LogP contribution in [0.4, 0.5) is 0 Å². The summed E-state index contributed by atoms with van der Waals surface area (Å²) in [5, 5.41) is 0. The van der Waals surface area contributed by atoms with E-state index in [1.54, 1.807) is 0 Å². The van der Waals surface area contributed by atoms with Crippen molar-refractivity contribution in [2.24, 2.45) is 11.7 Å². The number of hydrogen-bond donors (Lipinski definition) is 1.